The Bertz CT molecular complexity index is 879. The number of carbonyl (C=O) groups excluding carboxylic acids is 2. The Kier molecular flexibility index (Phi) is 3.94. The minimum atomic E-state index is -0.587. The molecule has 0 spiro atoms. The van der Waals surface area contributed by atoms with E-state index in [-0.39, 0.29) is 58.2 Å². The molecule has 27 heavy (non-hydrogen) atoms. The van der Waals surface area contributed by atoms with Crippen LogP contribution in [0.15, 0.2) is 29.4 Å². The second-order valence-electron chi connectivity index (χ2n) is 6.76. The van der Waals surface area contributed by atoms with Crippen LogP contribution in [0.2, 0.25) is 0 Å². The summed E-state index contributed by atoms with van der Waals surface area (Å²) in [4.78, 5) is 36.0. The van der Waals surface area contributed by atoms with Gasteiger partial charge in [-0.15, -0.1) is 0 Å². The Morgan fingerprint density at radius 2 is 1.67 bits per heavy atom. The van der Waals surface area contributed by atoms with Crippen LogP contribution < -0.4 is 9.47 Å². The molecular weight excluding hydrogens is 354 g/mol. The highest BCUT2D eigenvalue weighted by Crippen LogP contribution is 2.52. The van der Waals surface area contributed by atoms with Gasteiger partial charge in [-0.25, -0.2) is 0 Å². The quantitative estimate of drug-likeness (QED) is 0.256. The van der Waals surface area contributed by atoms with Gasteiger partial charge >= 0.3 is 0 Å². The number of nitro benzene ring substituents is 1. The molecular formula is C18H17N3O6. The lowest BCUT2D eigenvalue weighted by molar-refractivity contribution is -0.385. The molecule has 1 heterocycles. The van der Waals surface area contributed by atoms with Crippen LogP contribution in [0.25, 0.3) is 0 Å². The first-order valence-corrected chi connectivity index (χ1v) is 8.46. The van der Waals surface area contributed by atoms with Crippen molar-refractivity contribution in [1.29, 1.82) is 0 Å². The van der Waals surface area contributed by atoms with Crippen molar-refractivity contribution in [2.24, 2.45) is 28.8 Å². The highest BCUT2D eigenvalue weighted by atomic mass is 16.6. The first-order valence-electron chi connectivity index (χ1n) is 8.46. The number of nitro groups is 1. The van der Waals surface area contributed by atoms with Gasteiger partial charge in [0.1, 0.15) is 0 Å². The van der Waals surface area contributed by atoms with E-state index in [1.54, 1.807) is 0 Å². The lowest BCUT2D eigenvalue weighted by Gasteiger charge is -2.13. The van der Waals surface area contributed by atoms with Crippen molar-refractivity contribution in [1.82, 2.24) is 5.01 Å². The summed E-state index contributed by atoms with van der Waals surface area (Å²) in [7, 11) is 2.78. The summed E-state index contributed by atoms with van der Waals surface area (Å²) in [5.74, 6) is -0.800. The summed E-state index contributed by atoms with van der Waals surface area (Å²) in [6, 6.07) is 2.60. The smallest absolute Gasteiger partial charge is 0.282 e. The molecule has 1 aromatic carbocycles. The Morgan fingerprint density at radius 1 is 1.11 bits per heavy atom. The number of carbonyl (C=O) groups is 2. The second kappa shape index (κ2) is 6.19. The molecule has 3 aliphatic rings. The number of allylic oxidation sites excluding steroid dienone is 2. The van der Waals surface area contributed by atoms with Gasteiger partial charge < -0.3 is 9.47 Å². The van der Waals surface area contributed by atoms with E-state index in [2.05, 4.69) is 5.10 Å². The van der Waals surface area contributed by atoms with E-state index in [9.17, 15) is 19.7 Å². The van der Waals surface area contributed by atoms with Gasteiger partial charge in [0.15, 0.2) is 11.5 Å². The monoisotopic (exact) mass is 371 g/mol. The zero-order chi connectivity index (χ0) is 19.3. The van der Waals surface area contributed by atoms with Gasteiger partial charge in [0.2, 0.25) is 0 Å². The van der Waals surface area contributed by atoms with Crippen molar-refractivity contribution in [3.8, 4) is 11.5 Å². The van der Waals surface area contributed by atoms with Crippen molar-refractivity contribution < 1.29 is 24.0 Å². The molecule has 4 rings (SSSR count). The summed E-state index contributed by atoms with van der Waals surface area (Å²) in [5, 5.41) is 16.2. The van der Waals surface area contributed by atoms with Crippen LogP contribution in [0.3, 0.4) is 0 Å². The largest absolute Gasteiger partial charge is 0.493 e. The molecule has 1 aromatic rings. The molecule has 0 radical (unpaired) electrons. The molecule has 9 nitrogen and oxygen atoms in total. The number of methoxy groups -OCH3 is 2. The van der Waals surface area contributed by atoms with Crippen molar-refractivity contribution in [2.75, 3.05) is 14.2 Å². The molecule has 2 bridgehead atoms. The molecule has 0 aromatic heterocycles. The Morgan fingerprint density at radius 3 is 2.19 bits per heavy atom. The Hall–Kier alpha value is -3.23. The Balaban J connectivity index is 1.66. The number of rotatable bonds is 5. The number of imide groups is 1. The summed E-state index contributed by atoms with van der Waals surface area (Å²) in [6.45, 7) is 0. The molecule has 9 heteroatoms. The van der Waals surface area contributed by atoms with Crippen LogP contribution in [0, 0.1) is 33.8 Å². The topological polar surface area (TPSA) is 111 Å². The zero-order valence-electron chi connectivity index (χ0n) is 14.7. The molecule has 1 saturated carbocycles. The fourth-order valence-corrected chi connectivity index (χ4v) is 4.27. The number of hydrazone groups is 1. The van der Waals surface area contributed by atoms with Crippen LogP contribution in [0.1, 0.15) is 12.0 Å². The molecule has 0 N–H and O–H groups in total. The van der Waals surface area contributed by atoms with E-state index in [1.165, 1.54) is 26.4 Å². The van der Waals surface area contributed by atoms with E-state index >= 15 is 0 Å². The Labute approximate surface area is 154 Å². The second-order valence-corrected chi connectivity index (χ2v) is 6.76. The fraction of sp³-hybridized carbons (Fsp3) is 0.389. The van der Waals surface area contributed by atoms with Crippen LogP contribution in [-0.4, -0.2) is 42.2 Å². The minimum absolute atomic E-state index is 0.0760. The molecule has 4 atom stereocenters. The number of ether oxygens (including phenoxy) is 2. The van der Waals surface area contributed by atoms with Crippen molar-refractivity contribution in [2.45, 2.75) is 6.42 Å². The predicted octanol–water partition coefficient (Wildman–Crippen LogP) is 1.75. The average Bonchev–Trinajstić information content (AvgIpc) is 3.34. The molecule has 140 valence electrons. The maximum Gasteiger partial charge on any atom is 0.282 e. The van der Waals surface area contributed by atoms with Crippen LogP contribution in [-0.2, 0) is 9.59 Å². The third kappa shape index (κ3) is 2.49. The van der Waals surface area contributed by atoms with E-state index in [0.29, 0.717) is 0 Å². The van der Waals surface area contributed by atoms with Crippen molar-refractivity contribution in [3.63, 3.8) is 0 Å². The third-order valence-corrected chi connectivity index (χ3v) is 5.49. The highest BCUT2D eigenvalue weighted by molar-refractivity contribution is 6.07. The lowest BCUT2D eigenvalue weighted by Crippen LogP contribution is -2.28. The molecule has 2 fully saturated rings. The van der Waals surface area contributed by atoms with E-state index in [0.717, 1.165) is 17.6 Å². The van der Waals surface area contributed by atoms with Gasteiger partial charge in [0, 0.05) is 0 Å². The minimum Gasteiger partial charge on any atom is -0.493 e. The number of nitrogens with zero attached hydrogens (tertiary/aromatic N) is 3. The highest BCUT2D eigenvalue weighted by Gasteiger charge is 2.59. The summed E-state index contributed by atoms with van der Waals surface area (Å²) < 4.78 is 10.2. The van der Waals surface area contributed by atoms with Gasteiger partial charge in [-0.3, -0.25) is 19.7 Å². The van der Waals surface area contributed by atoms with Gasteiger partial charge in [-0.2, -0.15) is 10.1 Å². The first kappa shape index (κ1) is 17.2. The summed E-state index contributed by atoms with van der Waals surface area (Å²) >= 11 is 0. The van der Waals surface area contributed by atoms with E-state index < -0.39 is 4.92 Å². The first-order chi connectivity index (χ1) is 13.0. The van der Waals surface area contributed by atoms with Crippen molar-refractivity contribution >= 4 is 23.7 Å². The predicted molar refractivity (Wildman–Crippen MR) is 93.4 cm³/mol. The van der Waals surface area contributed by atoms with Gasteiger partial charge in [-0.05, 0) is 24.3 Å². The van der Waals surface area contributed by atoms with Crippen LogP contribution in [0.4, 0.5) is 5.69 Å². The number of fused-ring (bicyclic) bond motifs is 5. The third-order valence-electron chi connectivity index (χ3n) is 5.49. The van der Waals surface area contributed by atoms with Crippen LogP contribution >= 0.6 is 0 Å². The number of hydrogen-bond acceptors (Lipinski definition) is 7. The standard InChI is InChI=1S/C18H17N3O6/c1-26-13-6-11(12(21(24)25)7-14(13)27-2)8-19-20-17(22)15-9-3-4-10(5-9)16(15)18(20)23/h3-4,6-10,15-16H,5H2,1-2H3/b19-8-/t9-,10+,15+,16-. The van der Waals surface area contributed by atoms with Crippen LogP contribution in [0.5, 0.6) is 11.5 Å². The van der Waals surface area contributed by atoms with Gasteiger partial charge in [-0.1, -0.05) is 12.2 Å². The van der Waals surface area contributed by atoms with E-state index in [4.69, 9.17) is 9.47 Å². The van der Waals surface area contributed by atoms with Gasteiger partial charge in [0.05, 0.1) is 48.8 Å². The lowest BCUT2D eigenvalue weighted by atomic mass is 9.85. The van der Waals surface area contributed by atoms with E-state index in [1.807, 2.05) is 12.2 Å². The average molecular weight is 371 g/mol. The number of amides is 2. The normalized spacial score (nSPS) is 28.3. The SMILES string of the molecule is COc1cc(/C=N\N2C(=O)[C@@H]3[C@H](C2=O)[C@H]2C=C[C@@H]3C2)c([N+](=O)[O-])cc1OC. The van der Waals surface area contributed by atoms with Gasteiger partial charge in [0.25, 0.3) is 17.5 Å². The maximum atomic E-state index is 12.6. The number of benzene rings is 1. The molecule has 2 amide bonds. The molecule has 2 aliphatic carbocycles. The molecule has 0 unspecified atom stereocenters. The molecule has 1 aliphatic heterocycles. The summed E-state index contributed by atoms with van der Waals surface area (Å²) in [6.07, 6.45) is 5.95. The fourth-order valence-electron chi connectivity index (χ4n) is 4.27. The molecule has 1 saturated heterocycles. The van der Waals surface area contributed by atoms with Crippen molar-refractivity contribution in [3.05, 3.63) is 40.0 Å². The summed E-state index contributed by atoms with van der Waals surface area (Å²) in [5.41, 5.74) is -0.158. The maximum absolute atomic E-state index is 12.6. The zero-order valence-corrected chi connectivity index (χ0v) is 14.7. The number of hydrogen-bond donors (Lipinski definition) is 0.